The average Bonchev–Trinajstić information content (AvgIpc) is 4.10. The van der Waals surface area contributed by atoms with Gasteiger partial charge in [-0.05, 0) is 101 Å². The number of nitrogens with one attached hydrogen (secondary N) is 4. The van der Waals surface area contributed by atoms with Gasteiger partial charge in [-0.2, -0.15) is 0 Å². The molecule has 9 rings (SSSR count). The lowest BCUT2D eigenvalue weighted by atomic mass is 9.41. The summed E-state index contributed by atoms with van der Waals surface area (Å²) in [7, 11) is 2.61. The smallest absolute Gasteiger partial charge is 0.407 e. The molecular weight excluding hydrogens is 773 g/mol. The second-order valence-electron chi connectivity index (χ2n) is 18.8. The lowest BCUT2D eigenvalue weighted by Crippen LogP contribution is -2.53. The third-order valence-corrected chi connectivity index (χ3v) is 14.5. The fraction of sp³-hybridized carbons (Fsp3) is 0.532. The molecule has 2 saturated carbocycles. The maximum atomic E-state index is 13.8. The highest BCUT2D eigenvalue weighted by atomic mass is 16.5. The second kappa shape index (κ2) is 15.7. The number of hydrogen-bond donors (Lipinski definition) is 4. The molecule has 0 radical (unpaired) electrons. The van der Waals surface area contributed by atoms with Crippen LogP contribution in [0.5, 0.6) is 0 Å². The van der Waals surface area contributed by atoms with Crippen molar-refractivity contribution in [2.75, 3.05) is 27.3 Å². The Morgan fingerprint density at radius 3 is 1.64 bits per heavy atom. The van der Waals surface area contributed by atoms with Gasteiger partial charge in [-0.3, -0.25) is 9.59 Å². The number of ether oxygens (including phenoxy) is 2. The minimum absolute atomic E-state index is 0.103. The van der Waals surface area contributed by atoms with Crippen LogP contribution in [-0.4, -0.2) is 93.1 Å². The molecular formula is C47H58N8O6. The number of carbonyl (C=O) groups is 4. The van der Waals surface area contributed by atoms with Gasteiger partial charge in [0.1, 0.15) is 23.7 Å². The molecule has 14 nitrogen and oxygen atoms in total. The van der Waals surface area contributed by atoms with Crippen LogP contribution in [0.4, 0.5) is 9.59 Å². The number of carbonyl (C=O) groups excluding carboxylic acids is 4. The molecule has 4 amide bonds. The fourth-order valence-electron chi connectivity index (χ4n) is 11.5. The summed E-state index contributed by atoms with van der Waals surface area (Å²) in [6.07, 6.45) is 8.25. The molecule has 14 heteroatoms. The van der Waals surface area contributed by atoms with Crippen LogP contribution in [0.3, 0.4) is 0 Å². The lowest BCUT2D eigenvalue weighted by molar-refractivity contribution is -0.136. The molecule has 2 aromatic heterocycles. The van der Waals surface area contributed by atoms with Crippen molar-refractivity contribution in [2.24, 2.45) is 23.2 Å². The SMILES string of the molecule is COC(=O)NC(C(=O)N1CCCC1c1ncc(-c2ccc(-c3ccc(-c4cnc(C5CCCN5C(=O)C(NC(=O)OC)C(C)C)[nH]4)c4c3C3CC5(C)CC4C35)cc2)[nH]1)C(C)C. The molecule has 0 bridgehead atoms. The Morgan fingerprint density at radius 1 is 0.689 bits per heavy atom. The number of H-pyrrole nitrogens is 2. The van der Waals surface area contributed by atoms with Crippen LogP contribution in [0.1, 0.15) is 120 Å². The van der Waals surface area contributed by atoms with E-state index in [1.165, 1.54) is 54.9 Å². The predicted molar refractivity (Wildman–Crippen MR) is 229 cm³/mol. The van der Waals surface area contributed by atoms with Crippen molar-refractivity contribution in [1.29, 1.82) is 0 Å². The number of fused-ring (bicyclic) bond motifs is 3. The Balaban J connectivity index is 0.963. The van der Waals surface area contributed by atoms with E-state index in [9.17, 15) is 19.2 Å². The second-order valence-corrected chi connectivity index (χ2v) is 18.8. The number of imidazole rings is 2. The van der Waals surface area contributed by atoms with Crippen molar-refractivity contribution < 1.29 is 28.7 Å². The van der Waals surface area contributed by atoms with Crippen molar-refractivity contribution >= 4 is 24.0 Å². The molecule has 5 aliphatic rings. The van der Waals surface area contributed by atoms with Gasteiger partial charge in [0, 0.05) is 18.7 Å². The highest BCUT2D eigenvalue weighted by Crippen LogP contribution is 2.79. The zero-order valence-electron chi connectivity index (χ0n) is 36.2. The quantitative estimate of drug-likeness (QED) is 0.118. The summed E-state index contributed by atoms with van der Waals surface area (Å²) in [5, 5.41) is 5.47. The van der Waals surface area contributed by atoms with Crippen LogP contribution in [0.15, 0.2) is 48.8 Å². The Labute approximate surface area is 357 Å². The Morgan fingerprint density at radius 2 is 1.15 bits per heavy atom. The zero-order chi connectivity index (χ0) is 42.9. The van der Waals surface area contributed by atoms with Crippen molar-refractivity contribution in [1.82, 2.24) is 40.4 Å². The van der Waals surface area contributed by atoms with Crippen molar-refractivity contribution in [3.05, 3.63) is 71.6 Å². The minimum Gasteiger partial charge on any atom is -0.453 e. The van der Waals surface area contributed by atoms with E-state index in [0.29, 0.717) is 36.3 Å². The van der Waals surface area contributed by atoms with E-state index in [2.05, 4.69) is 63.9 Å². The monoisotopic (exact) mass is 830 g/mol. The molecule has 322 valence electrons. The molecule has 4 fully saturated rings. The van der Waals surface area contributed by atoms with Gasteiger partial charge in [-0.1, -0.05) is 71.0 Å². The molecule has 2 saturated heterocycles. The van der Waals surface area contributed by atoms with Gasteiger partial charge >= 0.3 is 12.2 Å². The van der Waals surface area contributed by atoms with Crippen LogP contribution < -0.4 is 10.6 Å². The first kappa shape index (κ1) is 40.7. The molecule has 61 heavy (non-hydrogen) atoms. The first-order chi connectivity index (χ1) is 29.3. The number of alkyl carbamates (subject to hydrolysis) is 2. The van der Waals surface area contributed by atoms with E-state index in [1.54, 1.807) is 0 Å². The Bertz CT molecular complexity index is 2350. The number of aromatic amines is 2. The van der Waals surface area contributed by atoms with Gasteiger partial charge < -0.3 is 39.9 Å². The van der Waals surface area contributed by atoms with Crippen LogP contribution in [0.25, 0.3) is 33.6 Å². The molecule has 2 aromatic carbocycles. The first-order valence-corrected chi connectivity index (χ1v) is 22.0. The van der Waals surface area contributed by atoms with Crippen LogP contribution in [0.2, 0.25) is 0 Å². The third-order valence-electron chi connectivity index (χ3n) is 14.5. The maximum absolute atomic E-state index is 13.8. The van der Waals surface area contributed by atoms with E-state index >= 15 is 0 Å². The number of aromatic nitrogens is 4. The van der Waals surface area contributed by atoms with Gasteiger partial charge in [0.05, 0.1) is 50.1 Å². The number of methoxy groups -OCH3 is 2. The van der Waals surface area contributed by atoms with E-state index < -0.39 is 24.3 Å². The summed E-state index contributed by atoms with van der Waals surface area (Å²) >= 11 is 0. The van der Waals surface area contributed by atoms with Crippen LogP contribution in [0, 0.1) is 23.2 Å². The van der Waals surface area contributed by atoms with Gasteiger partial charge in [-0.15, -0.1) is 0 Å². The minimum atomic E-state index is -0.687. The summed E-state index contributed by atoms with van der Waals surface area (Å²) in [5.74, 6) is 2.76. The zero-order valence-corrected chi connectivity index (χ0v) is 36.2. The van der Waals surface area contributed by atoms with E-state index in [1.807, 2.05) is 49.9 Å². The van der Waals surface area contributed by atoms with Gasteiger partial charge in [0.25, 0.3) is 0 Å². The molecule has 0 spiro atoms. The lowest BCUT2D eigenvalue weighted by Gasteiger charge is -2.62. The van der Waals surface area contributed by atoms with Gasteiger partial charge in [-0.25, -0.2) is 19.6 Å². The third kappa shape index (κ3) is 6.86. The highest BCUT2D eigenvalue weighted by molar-refractivity contribution is 5.87. The summed E-state index contributed by atoms with van der Waals surface area (Å²) in [6, 6.07) is 11.5. The number of hydrogen-bond acceptors (Lipinski definition) is 8. The molecule has 4 heterocycles. The standard InChI is InChI=1S/C47H58N8O6/c1-24(2)39(52-45(58)60-6)43(56)54-18-8-10-34(54)41-48-22-32(50-41)27-14-12-26(13-15-27)28-16-17-29(37-31-21-47(5)20-30(36(28)37)38(31)47)33-23-49-42(51-33)35-11-9-19-55(35)44(57)40(25(3)4)53-46(59)61-7/h12-17,22-25,30-31,34-35,38-40H,8-11,18-21H2,1-7H3,(H,48,50)(H,49,51)(H,52,58)(H,53,59). The summed E-state index contributed by atoms with van der Waals surface area (Å²) in [5.41, 5.74) is 9.84. The summed E-state index contributed by atoms with van der Waals surface area (Å²) in [6.45, 7) is 11.3. The Kier molecular flexibility index (Phi) is 10.5. The summed E-state index contributed by atoms with van der Waals surface area (Å²) in [4.78, 5) is 72.2. The molecule has 2 aliphatic heterocycles. The molecule has 4 aromatic rings. The Hall–Kier alpha value is -5.66. The number of likely N-dealkylation sites (tertiary alicyclic amines) is 2. The number of nitrogens with zero attached hydrogens (tertiary/aromatic N) is 4. The van der Waals surface area contributed by atoms with E-state index in [4.69, 9.17) is 19.4 Å². The molecule has 8 atom stereocenters. The fourth-order valence-corrected chi connectivity index (χ4v) is 11.5. The van der Waals surface area contributed by atoms with Crippen molar-refractivity contribution in [2.45, 2.75) is 109 Å². The van der Waals surface area contributed by atoms with Crippen molar-refractivity contribution in [3.63, 3.8) is 0 Å². The largest absolute Gasteiger partial charge is 0.453 e. The van der Waals surface area contributed by atoms with Crippen LogP contribution >= 0.6 is 0 Å². The topological polar surface area (TPSA) is 175 Å². The van der Waals surface area contributed by atoms with E-state index in [0.717, 1.165) is 54.3 Å². The number of amides is 4. The molecule has 8 unspecified atom stereocenters. The average molecular weight is 831 g/mol. The van der Waals surface area contributed by atoms with E-state index in [-0.39, 0.29) is 35.7 Å². The van der Waals surface area contributed by atoms with Crippen LogP contribution in [-0.2, 0) is 19.1 Å². The highest BCUT2D eigenvalue weighted by Gasteiger charge is 2.68. The number of benzene rings is 2. The normalized spacial score (nSPS) is 25.7. The van der Waals surface area contributed by atoms with Gasteiger partial charge in [0.2, 0.25) is 11.8 Å². The maximum Gasteiger partial charge on any atom is 0.407 e. The number of rotatable bonds is 11. The predicted octanol–water partition coefficient (Wildman–Crippen LogP) is 7.83. The van der Waals surface area contributed by atoms with Crippen molar-refractivity contribution in [3.8, 4) is 33.6 Å². The van der Waals surface area contributed by atoms with Gasteiger partial charge in [0.15, 0.2) is 0 Å². The molecule has 3 aliphatic carbocycles. The summed E-state index contributed by atoms with van der Waals surface area (Å²) < 4.78 is 9.62. The molecule has 4 N–H and O–H groups in total. The first-order valence-electron chi connectivity index (χ1n) is 22.0.